The van der Waals surface area contributed by atoms with Crippen LogP contribution in [-0.2, 0) is 19.3 Å². The summed E-state index contributed by atoms with van der Waals surface area (Å²) in [6.07, 6.45) is 2.08. The summed E-state index contributed by atoms with van der Waals surface area (Å²) < 4.78 is 1.04. The molecule has 7 heteroatoms. The van der Waals surface area contributed by atoms with E-state index in [0.717, 1.165) is 38.7 Å². The second-order valence-corrected chi connectivity index (χ2v) is 9.22. The van der Waals surface area contributed by atoms with E-state index in [1.807, 2.05) is 54.6 Å². The van der Waals surface area contributed by atoms with Crippen LogP contribution in [0.1, 0.15) is 29.3 Å². The SMILES string of the molecule is CCc1ccc(Nc2nc(Cc3ccccc3)cc(Nc3nc4ccc(CC#N)cc4s3)n2)cc1. The van der Waals surface area contributed by atoms with Gasteiger partial charge in [0.2, 0.25) is 5.95 Å². The molecule has 2 N–H and O–H groups in total. The second kappa shape index (κ2) is 10.3. The number of anilines is 4. The molecular formula is C28H24N6S. The summed E-state index contributed by atoms with van der Waals surface area (Å²) in [6, 6.07) is 28.7. The van der Waals surface area contributed by atoms with Crippen molar-refractivity contribution in [3.8, 4) is 6.07 Å². The van der Waals surface area contributed by atoms with E-state index >= 15 is 0 Å². The Hall–Kier alpha value is -4.28. The molecule has 0 saturated heterocycles. The average molecular weight is 477 g/mol. The molecule has 0 aliphatic rings. The van der Waals surface area contributed by atoms with E-state index in [4.69, 9.17) is 20.2 Å². The molecule has 0 fully saturated rings. The van der Waals surface area contributed by atoms with Gasteiger partial charge in [-0.3, -0.25) is 0 Å². The number of aryl methyl sites for hydroxylation is 1. The lowest BCUT2D eigenvalue weighted by Gasteiger charge is -2.11. The molecule has 0 atom stereocenters. The Morgan fingerprint density at radius 1 is 0.829 bits per heavy atom. The van der Waals surface area contributed by atoms with Gasteiger partial charge in [0.1, 0.15) is 5.82 Å². The standard InChI is InChI=1S/C28H24N6S/c1-2-19-8-11-22(12-9-19)30-27-31-23(16-20-6-4-3-5-7-20)18-26(33-27)34-28-32-24-13-10-21(14-15-29)17-25(24)35-28/h3-13,17-18H,2,14,16H2,1H3,(H2,30,31,32,33,34). The monoisotopic (exact) mass is 476 g/mol. The maximum absolute atomic E-state index is 8.99. The number of aromatic nitrogens is 3. The molecule has 0 unspecified atom stereocenters. The Bertz CT molecular complexity index is 1490. The lowest BCUT2D eigenvalue weighted by molar-refractivity contribution is 1.03. The Balaban J connectivity index is 1.45. The lowest BCUT2D eigenvalue weighted by Crippen LogP contribution is -2.04. The number of hydrogen-bond acceptors (Lipinski definition) is 7. The van der Waals surface area contributed by atoms with Crippen LogP contribution in [0.4, 0.5) is 22.6 Å². The fourth-order valence-corrected chi connectivity index (χ4v) is 4.74. The quantitative estimate of drug-likeness (QED) is 0.256. The fraction of sp³-hybridized carbons (Fsp3) is 0.143. The minimum atomic E-state index is 0.389. The molecule has 0 spiro atoms. The number of thiazole rings is 1. The van der Waals surface area contributed by atoms with Crippen LogP contribution < -0.4 is 10.6 Å². The first-order valence-electron chi connectivity index (χ1n) is 11.5. The van der Waals surface area contributed by atoms with E-state index in [-0.39, 0.29) is 0 Å². The van der Waals surface area contributed by atoms with Crippen LogP contribution >= 0.6 is 11.3 Å². The van der Waals surface area contributed by atoms with Crippen LogP contribution in [0.5, 0.6) is 0 Å². The van der Waals surface area contributed by atoms with Gasteiger partial charge in [-0.15, -0.1) is 0 Å². The van der Waals surface area contributed by atoms with E-state index < -0.39 is 0 Å². The topological polar surface area (TPSA) is 86.5 Å². The molecule has 0 aliphatic carbocycles. The largest absolute Gasteiger partial charge is 0.324 e. The zero-order chi connectivity index (χ0) is 24.0. The van der Waals surface area contributed by atoms with E-state index in [2.05, 4.69) is 47.9 Å². The molecular weight excluding hydrogens is 452 g/mol. The van der Waals surface area contributed by atoms with E-state index in [0.29, 0.717) is 24.6 Å². The minimum Gasteiger partial charge on any atom is -0.324 e. The molecule has 0 radical (unpaired) electrons. The van der Waals surface area contributed by atoms with Gasteiger partial charge < -0.3 is 10.6 Å². The summed E-state index contributed by atoms with van der Waals surface area (Å²) in [4.78, 5) is 14.2. The number of fused-ring (bicyclic) bond motifs is 1. The summed E-state index contributed by atoms with van der Waals surface area (Å²) in [5.74, 6) is 1.21. The van der Waals surface area contributed by atoms with E-state index in [1.165, 1.54) is 11.1 Å². The third kappa shape index (κ3) is 5.62. The van der Waals surface area contributed by atoms with Gasteiger partial charge in [0.05, 0.1) is 28.4 Å². The van der Waals surface area contributed by atoms with E-state index in [9.17, 15) is 0 Å². The summed E-state index contributed by atoms with van der Waals surface area (Å²) in [7, 11) is 0. The maximum atomic E-state index is 8.99. The highest BCUT2D eigenvalue weighted by Crippen LogP contribution is 2.29. The zero-order valence-corrected chi connectivity index (χ0v) is 20.1. The van der Waals surface area contributed by atoms with Crippen molar-refractivity contribution in [2.75, 3.05) is 10.6 Å². The first-order chi connectivity index (χ1) is 17.2. The second-order valence-electron chi connectivity index (χ2n) is 8.19. The van der Waals surface area contributed by atoms with Gasteiger partial charge >= 0.3 is 0 Å². The molecule has 0 saturated carbocycles. The average Bonchev–Trinajstić information content (AvgIpc) is 3.26. The number of nitriles is 1. The third-order valence-electron chi connectivity index (χ3n) is 5.60. The predicted octanol–water partition coefficient (Wildman–Crippen LogP) is 6.79. The van der Waals surface area contributed by atoms with Crippen LogP contribution in [0.3, 0.4) is 0 Å². The summed E-state index contributed by atoms with van der Waals surface area (Å²) >= 11 is 1.54. The molecule has 3 aromatic carbocycles. The third-order valence-corrected chi connectivity index (χ3v) is 6.53. The highest BCUT2D eigenvalue weighted by Gasteiger charge is 2.10. The minimum absolute atomic E-state index is 0.389. The molecule has 2 heterocycles. The predicted molar refractivity (Wildman–Crippen MR) is 143 cm³/mol. The maximum Gasteiger partial charge on any atom is 0.229 e. The number of benzene rings is 3. The molecule has 6 nitrogen and oxygen atoms in total. The summed E-state index contributed by atoms with van der Waals surface area (Å²) in [6.45, 7) is 2.14. The van der Waals surface area contributed by atoms with Gasteiger partial charge in [-0.2, -0.15) is 10.2 Å². The van der Waals surface area contributed by atoms with Gasteiger partial charge in [0, 0.05) is 18.2 Å². The highest BCUT2D eigenvalue weighted by atomic mass is 32.1. The van der Waals surface area contributed by atoms with Gasteiger partial charge in [-0.1, -0.05) is 66.8 Å². The van der Waals surface area contributed by atoms with Crippen LogP contribution in [0, 0.1) is 11.3 Å². The van der Waals surface area contributed by atoms with Gasteiger partial charge in [-0.05, 0) is 47.4 Å². The van der Waals surface area contributed by atoms with Crippen molar-refractivity contribution < 1.29 is 0 Å². The molecule has 5 aromatic rings. The van der Waals surface area contributed by atoms with Crippen LogP contribution in [0.25, 0.3) is 10.2 Å². The fourth-order valence-electron chi connectivity index (χ4n) is 3.80. The Morgan fingerprint density at radius 2 is 1.63 bits per heavy atom. The molecule has 172 valence electrons. The molecule has 35 heavy (non-hydrogen) atoms. The Kier molecular flexibility index (Phi) is 6.64. The van der Waals surface area contributed by atoms with Crippen LogP contribution in [0.2, 0.25) is 0 Å². The van der Waals surface area contributed by atoms with Crippen molar-refractivity contribution >= 4 is 44.1 Å². The van der Waals surface area contributed by atoms with Crippen molar-refractivity contribution in [1.82, 2.24) is 15.0 Å². The first-order valence-corrected chi connectivity index (χ1v) is 12.3. The number of nitrogens with zero attached hydrogens (tertiary/aromatic N) is 4. The van der Waals surface area contributed by atoms with Crippen molar-refractivity contribution in [2.45, 2.75) is 26.2 Å². The summed E-state index contributed by atoms with van der Waals surface area (Å²) in [5.41, 5.74) is 6.19. The zero-order valence-electron chi connectivity index (χ0n) is 19.3. The van der Waals surface area contributed by atoms with Gasteiger partial charge in [0.15, 0.2) is 5.13 Å². The Morgan fingerprint density at radius 3 is 2.40 bits per heavy atom. The number of nitrogens with one attached hydrogen (secondary N) is 2. The normalized spacial score (nSPS) is 10.7. The molecule has 0 bridgehead atoms. The molecule has 0 aliphatic heterocycles. The number of rotatable bonds is 8. The van der Waals surface area contributed by atoms with Crippen LogP contribution in [0.15, 0.2) is 78.9 Å². The highest BCUT2D eigenvalue weighted by molar-refractivity contribution is 7.22. The van der Waals surface area contributed by atoms with E-state index in [1.54, 1.807) is 11.3 Å². The van der Waals surface area contributed by atoms with Gasteiger partial charge in [-0.25, -0.2) is 9.97 Å². The van der Waals surface area contributed by atoms with Crippen molar-refractivity contribution in [3.63, 3.8) is 0 Å². The molecule has 2 aromatic heterocycles. The first kappa shape index (κ1) is 22.5. The summed E-state index contributed by atoms with van der Waals surface area (Å²) in [5, 5.41) is 16.4. The van der Waals surface area contributed by atoms with Gasteiger partial charge in [0.25, 0.3) is 0 Å². The van der Waals surface area contributed by atoms with Crippen molar-refractivity contribution in [1.29, 1.82) is 5.26 Å². The van der Waals surface area contributed by atoms with Crippen molar-refractivity contribution in [2.24, 2.45) is 0 Å². The smallest absolute Gasteiger partial charge is 0.229 e. The number of hydrogen-bond donors (Lipinski definition) is 2. The Labute approximate surface area is 208 Å². The van der Waals surface area contributed by atoms with Crippen molar-refractivity contribution in [3.05, 3.63) is 101 Å². The lowest BCUT2D eigenvalue weighted by atomic mass is 10.1. The van der Waals surface area contributed by atoms with Crippen LogP contribution in [-0.4, -0.2) is 15.0 Å². The molecule has 0 amide bonds. The molecule has 5 rings (SSSR count).